The van der Waals surface area contributed by atoms with E-state index in [1.165, 1.54) is 26.1 Å². The van der Waals surface area contributed by atoms with Crippen molar-refractivity contribution in [1.29, 1.82) is 0 Å². The molecule has 0 amide bonds. The molecule has 36 heavy (non-hydrogen) atoms. The number of nitrogens with one attached hydrogen (secondary N) is 2. The lowest BCUT2D eigenvalue weighted by Gasteiger charge is -2.25. The number of H-pyrrole nitrogens is 2. The van der Waals surface area contributed by atoms with Gasteiger partial charge in [-0.2, -0.15) is 0 Å². The van der Waals surface area contributed by atoms with Gasteiger partial charge in [0.2, 0.25) is 0 Å². The van der Waals surface area contributed by atoms with Gasteiger partial charge in [0.1, 0.15) is 6.10 Å². The van der Waals surface area contributed by atoms with Gasteiger partial charge in [-0.3, -0.25) is 28.7 Å². The van der Waals surface area contributed by atoms with Crippen LogP contribution in [0, 0.1) is 5.92 Å². The fraction of sp³-hybridized carbons (Fsp3) is 0.652. The fourth-order valence-electron chi connectivity index (χ4n) is 4.56. The number of aromatic amines is 2. The average molecular weight is 515 g/mol. The molecular formula is C23H32F2N4O7. The van der Waals surface area contributed by atoms with E-state index in [0.29, 0.717) is 12.8 Å². The molecule has 200 valence electrons. The highest BCUT2D eigenvalue weighted by atomic mass is 19.1. The molecule has 0 saturated carbocycles. The molecule has 2 saturated heterocycles. The molecule has 2 fully saturated rings. The van der Waals surface area contributed by atoms with Gasteiger partial charge in [0, 0.05) is 30.4 Å². The quantitative estimate of drug-likeness (QED) is 0.554. The number of ether oxygens (including phenoxy) is 2. The second-order valence-corrected chi connectivity index (χ2v) is 9.44. The van der Waals surface area contributed by atoms with Gasteiger partial charge >= 0.3 is 11.4 Å². The van der Waals surface area contributed by atoms with Crippen molar-refractivity contribution < 1.29 is 23.4 Å². The summed E-state index contributed by atoms with van der Waals surface area (Å²) in [5.41, 5.74) is -6.23. The molecular weight excluding hydrogens is 482 g/mol. The number of aliphatic hydroxyl groups is 1. The first-order valence-corrected chi connectivity index (χ1v) is 11.7. The van der Waals surface area contributed by atoms with Gasteiger partial charge in [-0.1, -0.05) is 20.8 Å². The van der Waals surface area contributed by atoms with E-state index in [-0.39, 0.29) is 12.0 Å². The van der Waals surface area contributed by atoms with Crippen molar-refractivity contribution in [1.82, 2.24) is 19.1 Å². The van der Waals surface area contributed by atoms with Gasteiger partial charge in [0.25, 0.3) is 11.1 Å². The highest BCUT2D eigenvalue weighted by molar-refractivity contribution is 5.01. The summed E-state index contributed by atoms with van der Waals surface area (Å²) in [5.74, 6) is -0.314. The number of aromatic nitrogens is 4. The third kappa shape index (κ3) is 5.00. The van der Waals surface area contributed by atoms with Crippen molar-refractivity contribution in [3.8, 4) is 0 Å². The molecule has 2 aliphatic heterocycles. The van der Waals surface area contributed by atoms with Crippen molar-refractivity contribution in [2.45, 2.75) is 89.6 Å². The topological polar surface area (TPSA) is 148 Å². The highest BCUT2D eigenvalue weighted by Crippen LogP contribution is 2.45. The second kappa shape index (κ2) is 10.2. The Hall–Kier alpha value is -2.90. The number of hydrogen-bond donors (Lipinski definition) is 3. The zero-order valence-electron chi connectivity index (χ0n) is 20.7. The molecule has 13 heteroatoms. The van der Waals surface area contributed by atoms with Crippen LogP contribution in [-0.2, 0) is 9.47 Å². The summed E-state index contributed by atoms with van der Waals surface area (Å²) in [6.07, 6.45) is -0.935. The van der Waals surface area contributed by atoms with Crippen LogP contribution in [-0.4, -0.2) is 53.9 Å². The molecule has 0 aliphatic carbocycles. The van der Waals surface area contributed by atoms with Gasteiger partial charge in [-0.15, -0.1) is 0 Å². The van der Waals surface area contributed by atoms with E-state index in [4.69, 9.17) is 9.47 Å². The van der Waals surface area contributed by atoms with Crippen LogP contribution in [0.2, 0.25) is 0 Å². The minimum Gasteiger partial charge on any atom is -0.387 e. The molecule has 0 spiro atoms. The molecule has 2 aliphatic rings. The molecule has 0 bridgehead atoms. The number of rotatable bonds is 4. The van der Waals surface area contributed by atoms with Gasteiger partial charge in [-0.05, 0) is 26.7 Å². The molecule has 0 radical (unpaired) electrons. The first-order chi connectivity index (χ1) is 16.7. The van der Waals surface area contributed by atoms with E-state index < -0.39 is 58.5 Å². The molecule has 2 aromatic heterocycles. The normalized spacial score (nSPS) is 35.9. The van der Waals surface area contributed by atoms with Crippen LogP contribution in [0.15, 0.2) is 43.7 Å². The monoisotopic (exact) mass is 514 g/mol. The predicted octanol–water partition coefficient (Wildman–Crippen LogP) is 1.14. The maximum absolute atomic E-state index is 14.7. The summed E-state index contributed by atoms with van der Waals surface area (Å²) < 4.78 is 42.2. The standard InChI is InChI=1S/C12H17FN2O3.C11H15FN2O4/c1-4-8-7(2)12(3,13)10(18-8)15-6-5-9(16)14-11(15)17;1-3-6-8(16)11(2,12)9(18-6)14-5-4-7(15)13-10(14)17/h5-8,10H,4H2,1-3H3,(H,14,16,17);4-6,8-9,16H,3H2,1-2H3,(H,13,15,17)/t7-,8-,10-,12-;6-,8-,9-,11-/m11/s1. The van der Waals surface area contributed by atoms with Crippen molar-refractivity contribution in [3.63, 3.8) is 0 Å². The zero-order valence-corrected chi connectivity index (χ0v) is 20.7. The largest absolute Gasteiger partial charge is 0.387 e. The van der Waals surface area contributed by atoms with Gasteiger partial charge in [0.15, 0.2) is 23.8 Å². The molecule has 0 aromatic carbocycles. The summed E-state index contributed by atoms with van der Waals surface area (Å²) >= 11 is 0. The van der Waals surface area contributed by atoms with Crippen LogP contribution in [0.1, 0.15) is 59.9 Å². The summed E-state index contributed by atoms with van der Waals surface area (Å²) in [6.45, 7) is 8.03. The van der Waals surface area contributed by atoms with E-state index in [1.54, 1.807) is 13.8 Å². The zero-order chi connectivity index (χ0) is 27.0. The van der Waals surface area contributed by atoms with Crippen LogP contribution in [0.4, 0.5) is 8.78 Å². The number of aliphatic hydroxyl groups excluding tert-OH is 1. The van der Waals surface area contributed by atoms with Gasteiger partial charge < -0.3 is 14.6 Å². The van der Waals surface area contributed by atoms with Crippen LogP contribution < -0.4 is 22.5 Å². The van der Waals surface area contributed by atoms with Crippen LogP contribution in [0.25, 0.3) is 0 Å². The first kappa shape index (κ1) is 27.7. The van der Waals surface area contributed by atoms with Gasteiger partial charge in [-0.25, -0.2) is 18.4 Å². The van der Waals surface area contributed by atoms with Gasteiger partial charge in [0.05, 0.1) is 12.2 Å². The maximum Gasteiger partial charge on any atom is 0.330 e. The highest BCUT2D eigenvalue weighted by Gasteiger charge is 2.54. The molecule has 8 atom stereocenters. The van der Waals surface area contributed by atoms with E-state index in [0.717, 1.165) is 21.4 Å². The number of nitrogens with zero attached hydrogens (tertiary/aromatic N) is 2. The predicted molar refractivity (Wildman–Crippen MR) is 125 cm³/mol. The Morgan fingerprint density at radius 2 is 1.28 bits per heavy atom. The smallest absolute Gasteiger partial charge is 0.330 e. The van der Waals surface area contributed by atoms with E-state index >= 15 is 0 Å². The van der Waals surface area contributed by atoms with E-state index in [9.17, 15) is 33.1 Å². The Morgan fingerprint density at radius 1 is 0.861 bits per heavy atom. The minimum atomic E-state index is -2.09. The number of hydrogen-bond acceptors (Lipinski definition) is 7. The molecule has 4 rings (SSSR count). The Morgan fingerprint density at radius 3 is 1.64 bits per heavy atom. The summed E-state index contributed by atoms with van der Waals surface area (Å²) in [5, 5.41) is 9.81. The lowest BCUT2D eigenvalue weighted by atomic mass is 9.88. The second-order valence-electron chi connectivity index (χ2n) is 9.44. The lowest BCUT2D eigenvalue weighted by molar-refractivity contribution is -0.0510. The Kier molecular flexibility index (Phi) is 7.86. The molecule has 3 N–H and O–H groups in total. The molecule has 4 heterocycles. The first-order valence-electron chi connectivity index (χ1n) is 11.7. The van der Waals surface area contributed by atoms with Crippen molar-refractivity contribution in [2.24, 2.45) is 5.92 Å². The Labute approximate surface area is 204 Å². The summed E-state index contributed by atoms with van der Waals surface area (Å²) in [6, 6.07) is 2.29. The molecule has 11 nitrogen and oxygen atoms in total. The molecule has 0 unspecified atom stereocenters. The van der Waals surface area contributed by atoms with E-state index in [1.807, 2.05) is 11.9 Å². The minimum absolute atomic E-state index is 0.233. The lowest BCUT2D eigenvalue weighted by Crippen LogP contribution is -2.43. The number of alkyl halides is 2. The van der Waals surface area contributed by atoms with Crippen molar-refractivity contribution in [3.05, 3.63) is 66.2 Å². The molecule has 2 aromatic rings. The Balaban J connectivity index is 0.000000201. The van der Waals surface area contributed by atoms with Crippen molar-refractivity contribution >= 4 is 0 Å². The van der Waals surface area contributed by atoms with Crippen LogP contribution in [0.3, 0.4) is 0 Å². The van der Waals surface area contributed by atoms with Crippen LogP contribution >= 0.6 is 0 Å². The van der Waals surface area contributed by atoms with Crippen LogP contribution in [0.5, 0.6) is 0 Å². The average Bonchev–Trinajstić information content (AvgIpc) is 3.17. The third-order valence-electron chi connectivity index (χ3n) is 6.96. The summed E-state index contributed by atoms with van der Waals surface area (Å²) in [7, 11) is 0. The number of halogens is 2. The third-order valence-corrected chi connectivity index (χ3v) is 6.96. The SMILES string of the molecule is CC[C@H]1O[C@@H](n2ccc(=O)[nH]c2=O)[C@](C)(F)[C@@H]1C.CC[C@H]1O[C@@H](n2ccc(=O)[nH]c2=O)[C@](C)(F)[C@@H]1O. The van der Waals surface area contributed by atoms with E-state index in [2.05, 4.69) is 4.98 Å². The summed E-state index contributed by atoms with van der Waals surface area (Å²) in [4.78, 5) is 49.4. The fourth-order valence-corrected chi connectivity index (χ4v) is 4.56. The Bertz CT molecular complexity index is 1200. The van der Waals surface area contributed by atoms with Crippen molar-refractivity contribution in [2.75, 3.05) is 0 Å². The maximum atomic E-state index is 14.7.